The van der Waals surface area contributed by atoms with Crippen molar-refractivity contribution in [2.24, 2.45) is 22.7 Å². The SMILES string of the molecule is CCCCCCCCCCCCCCCCCCOC(=O)C(CCCCCCCCCCCCC(C(=O)OCCCCCCCCCCCCCCCCCC)C(C)(C(=O)S)C(=O)c1cccs1)C(C)(C(=O)S)C(=O)c1cccs1.O=C(CCS)OCCCCCCCCCCOC(=O)CCS. The first-order valence-corrected chi connectivity index (χ1v) is 45.0. The Bertz CT molecular complexity index is 2220. The van der Waals surface area contributed by atoms with Gasteiger partial charge in [-0.3, -0.25) is 38.4 Å². The van der Waals surface area contributed by atoms with Gasteiger partial charge in [0.15, 0.2) is 21.8 Å². The molecule has 2 aromatic heterocycles. The van der Waals surface area contributed by atoms with Crippen LogP contribution < -0.4 is 0 Å². The third-order valence-corrected chi connectivity index (χ3v) is 23.3. The van der Waals surface area contributed by atoms with Crippen LogP contribution in [0.25, 0.3) is 0 Å². The largest absolute Gasteiger partial charge is 0.466 e. The molecule has 0 fully saturated rings. The Morgan fingerprint density at radius 3 is 0.755 bits per heavy atom. The molecule has 588 valence electrons. The van der Waals surface area contributed by atoms with Gasteiger partial charge in [-0.15, -0.1) is 47.9 Å². The summed E-state index contributed by atoms with van der Waals surface area (Å²) in [6.07, 6.45) is 60.1. The van der Waals surface area contributed by atoms with Crippen molar-refractivity contribution in [2.45, 2.75) is 374 Å². The summed E-state index contributed by atoms with van der Waals surface area (Å²) in [6.45, 7) is 9.32. The topological polar surface area (TPSA) is 173 Å². The molecule has 0 N–H and O–H groups in total. The van der Waals surface area contributed by atoms with Gasteiger partial charge in [-0.1, -0.05) is 321 Å². The molecule has 12 nitrogen and oxygen atoms in total. The molecule has 0 amide bonds. The number of thiol groups is 4. The van der Waals surface area contributed by atoms with Gasteiger partial charge in [0, 0.05) is 11.5 Å². The highest BCUT2D eigenvalue weighted by molar-refractivity contribution is 7.97. The second kappa shape index (κ2) is 67.7. The van der Waals surface area contributed by atoms with E-state index in [4.69, 9.17) is 18.9 Å². The quantitative estimate of drug-likeness (QED) is 0.0123. The van der Waals surface area contributed by atoms with Gasteiger partial charge in [0.05, 0.1) is 60.9 Å². The van der Waals surface area contributed by atoms with E-state index in [1.54, 1.807) is 48.9 Å². The third-order valence-electron chi connectivity index (χ3n) is 20.2. The summed E-state index contributed by atoms with van der Waals surface area (Å²) in [6, 6.07) is 6.97. The van der Waals surface area contributed by atoms with Crippen LogP contribution in [0, 0.1) is 22.7 Å². The summed E-state index contributed by atoms with van der Waals surface area (Å²) in [5.74, 6) is -2.73. The van der Waals surface area contributed by atoms with E-state index in [0.29, 0.717) is 73.0 Å². The van der Waals surface area contributed by atoms with Crippen molar-refractivity contribution in [3.8, 4) is 0 Å². The van der Waals surface area contributed by atoms with E-state index >= 15 is 0 Å². The Hall–Kier alpha value is -2.64. The molecule has 2 aromatic rings. The van der Waals surface area contributed by atoms with E-state index in [1.165, 1.54) is 215 Å². The fraction of sp³-hybridized carbons (Fsp3) is 0.810. The van der Waals surface area contributed by atoms with Crippen LogP contribution in [0.3, 0.4) is 0 Å². The van der Waals surface area contributed by atoms with E-state index in [0.717, 1.165) is 116 Å². The second-order valence-electron chi connectivity index (χ2n) is 29.0. The van der Waals surface area contributed by atoms with Crippen molar-refractivity contribution in [3.63, 3.8) is 0 Å². The zero-order valence-corrected chi connectivity index (χ0v) is 69.8. The first-order valence-electron chi connectivity index (χ1n) is 41.1. The molecule has 0 aliphatic carbocycles. The van der Waals surface area contributed by atoms with Crippen LogP contribution in [-0.4, -0.2) is 83.6 Å². The van der Waals surface area contributed by atoms with E-state index in [-0.39, 0.29) is 36.7 Å². The van der Waals surface area contributed by atoms with E-state index < -0.39 is 44.8 Å². The second-order valence-corrected chi connectivity index (χ2v) is 32.6. The monoisotopic (exact) mass is 1540 g/mol. The predicted molar refractivity (Wildman–Crippen MR) is 441 cm³/mol. The van der Waals surface area contributed by atoms with Crippen molar-refractivity contribution >= 4 is 119 Å². The lowest BCUT2D eigenvalue weighted by Crippen LogP contribution is -2.45. The van der Waals surface area contributed by atoms with E-state index in [2.05, 4.69) is 64.4 Å². The molecule has 2 rings (SSSR count). The summed E-state index contributed by atoms with van der Waals surface area (Å²) in [5, 5.41) is 2.40. The molecule has 102 heavy (non-hydrogen) atoms. The molecule has 0 aromatic carbocycles. The van der Waals surface area contributed by atoms with Crippen molar-refractivity contribution in [1.82, 2.24) is 0 Å². The molecule has 0 radical (unpaired) electrons. The van der Waals surface area contributed by atoms with Crippen LogP contribution >= 0.6 is 73.2 Å². The first-order chi connectivity index (χ1) is 49.6. The summed E-state index contributed by atoms with van der Waals surface area (Å²) in [7, 11) is 0. The van der Waals surface area contributed by atoms with Crippen molar-refractivity contribution in [2.75, 3.05) is 37.9 Å². The van der Waals surface area contributed by atoms with Gasteiger partial charge in [0.25, 0.3) is 0 Å². The van der Waals surface area contributed by atoms with Crippen LogP contribution in [0.5, 0.6) is 0 Å². The summed E-state index contributed by atoms with van der Waals surface area (Å²) >= 11 is 18.9. The molecule has 18 heteroatoms. The minimum absolute atomic E-state index is 0.148. The average molecular weight is 1540 g/mol. The van der Waals surface area contributed by atoms with Crippen molar-refractivity contribution in [1.29, 1.82) is 0 Å². The van der Waals surface area contributed by atoms with Gasteiger partial charge in [-0.2, -0.15) is 25.3 Å². The number of hydrogen-bond donors (Lipinski definition) is 4. The standard InChI is InChI=1S/C68H114O8S4.C16H30O4S2/c1-5-7-9-11-13-15-17-19-21-23-25-29-33-37-41-45-53-75-63(71)57(67(3,65(73)77)61(69)59-51-47-55-79-59)49-43-39-35-31-27-28-32-36-40-44-50-58(68(4,66(74)78)62(70)60-52-48-56-80-60)64(72)76-54-46-42-38-34-30-26-24-22-20-18-16-14-12-10-8-6-2;17-15(9-13-21)19-11-7-5-3-1-2-4-6-8-12-20-16(18)10-14-22/h47-48,51-52,55-58H,5-46,49-50,53-54H2,1-4H3,(H,73,77)(H,74,78);21-22H,1-14H2. The Morgan fingerprint density at radius 2 is 0.549 bits per heavy atom. The fourth-order valence-electron chi connectivity index (χ4n) is 13.3. The number of hydrogen-bond acceptors (Lipinski definition) is 16. The fourth-order valence-corrected chi connectivity index (χ4v) is 15.8. The highest BCUT2D eigenvalue weighted by Gasteiger charge is 2.52. The lowest BCUT2D eigenvalue weighted by atomic mass is 9.71. The Balaban J connectivity index is 0.00000201. The van der Waals surface area contributed by atoms with E-state index in [1.807, 2.05) is 0 Å². The van der Waals surface area contributed by atoms with Gasteiger partial charge in [0.2, 0.25) is 0 Å². The highest BCUT2D eigenvalue weighted by atomic mass is 32.1. The number of ketones is 2. The molecular weight excluding hydrogens is 1390 g/mol. The molecule has 2 heterocycles. The maximum absolute atomic E-state index is 13.9. The molecule has 0 saturated carbocycles. The van der Waals surface area contributed by atoms with Gasteiger partial charge < -0.3 is 18.9 Å². The Kier molecular flexibility index (Phi) is 64.6. The molecule has 0 aliphatic heterocycles. The average Bonchev–Trinajstić information content (AvgIpc) is 1.13. The van der Waals surface area contributed by atoms with Crippen LogP contribution in [0.1, 0.15) is 394 Å². The number of unbranched alkanes of at least 4 members (excludes halogenated alkanes) is 46. The smallest absolute Gasteiger partial charge is 0.310 e. The van der Waals surface area contributed by atoms with Gasteiger partial charge in [-0.05, 0) is 75.3 Å². The van der Waals surface area contributed by atoms with Crippen molar-refractivity contribution in [3.05, 3.63) is 44.8 Å². The number of esters is 4. The molecule has 0 spiro atoms. The normalized spacial score (nSPS) is 13.1. The van der Waals surface area contributed by atoms with Gasteiger partial charge >= 0.3 is 23.9 Å². The Labute approximate surface area is 651 Å². The summed E-state index contributed by atoms with van der Waals surface area (Å²) in [5.41, 5.74) is -3.24. The van der Waals surface area contributed by atoms with Gasteiger partial charge in [0.1, 0.15) is 10.8 Å². The zero-order chi connectivity index (χ0) is 74.8. The number of rotatable bonds is 72. The number of carbonyl (C=O) groups excluding carboxylic acids is 8. The summed E-state index contributed by atoms with van der Waals surface area (Å²) < 4.78 is 21.8. The minimum atomic E-state index is -1.62. The van der Waals surface area contributed by atoms with E-state index in [9.17, 15) is 38.4 Å². The number of Topliss-reactive ketones (excluding diaryl/α,β-unsaturated/α-hetero) is 2. The Morgan fingerprint density at radius 1 is 0.333 bits per heavy atom. The van der Waals surface area contributed by atoms with Crippen molar-refractivity contribution < 1.29 is 57.3 Å². The predicted octanol–water partition coefficient (Wildman–Crippen LogP) is 25.2. The number of carbonyl (C=O) groups is 8. The molecule has 0 aliphatic rings. The molecule has 0 saturated heterocycles. The number of ether oxygens (including phenoxy) is 4. The summed E-state index contributed by atoms with van der Waals surface area (Å²) in [4.78, 5) is 105. The molecule has 4 unspecified atom stereocenters. The maximum Gasteiger partial charge on any atom is 0.310 e. The maximum atomic E-state index is 13.9. The van der Waals surface area contributed by atoms with Crippen LogP contribution in [0.4, 0.5) is 0 Å². The lowest BCUT2D eigenvalue weighted by Gasteiger charge is -2.32. The zero-order valence-electron chi connectivity index (χ0n) is 64.5. The van der Waals surface area contributed by atoms with Crippen LogP contribution in [0.2, 0.25) is 0 Å². The van der Waals surface area contributed by atoms with Crippen LogP contribution in [0.15, 0.2) is 35.0 Å². The highest BCUT2D eigenvalue weighted by Crippen LogP contribution is 2.41. The van der Waals surface area contributed by atoms with Crippen LogP contribution in [-0.2, 0) is 47.7 Å². The molecule has 0 bridgehead atoms. The first kappa shape index (κ1) is 97.4. The third kappa shape index (κ3) is 47.9. The van der Waals surface area contributed by atoms with Gasteiger partial charge in [-0.25, -0.2) is 0 Å². The molecule has 4 atom stereocenters. The minimum Gasteiger partial charge on any atom is -0.466 e. The molecular formula is C84H144O12S6. The number of thiophene rings is 2. The lowest BCUT2D eigenvalue weighted by molar-refractivity contribution is -0.154.